The SMILES string of the molecule is CC1(C)NS(=O)(=O)c2cccc(O)c21. The number of aromatic hydroxyl groups is 1. The summed E-state index contributed by atoms with van der Waals surface area (Å²) in [5.41, 5.74) is -0.292. The topological polar surface area (TPSA) is 66.4 Å². The van der Waals surface area contributed by atoms with Crippen molar-refractivity contribution >= 4 is 10.0 Å². The summed E-state index contributed by atoms with van der Waals surface area (Å²) in [4.78, 5) is 0.169. The Morgan fingerprint density at radius 3 is 2.57 bits per heavy atom. The number of sulfonamides is 1. The Balaban J connectivity index is 2.86. The molecule has 2 rings (SSSR count). The highest BCUT2D eigenvalue weighted by Crippen LogP contribution is 2.40. The first-order valence-corrected chi connectivity index (χ1v) is 5.69. The van der Waals surface area contributed by atoms with Gasteiger partial charge in [0.1, 0.15) is 5.75 Å². The molecule has 2 N–H and O–H groups in total. The van der Waals surface area contributed by atoms with Gasteiger partial charge in [0.2, 0.25) is 10.0 Å². The lowest BCUT2D eigenvalue weighted by Crippen LogP contribution is -2.32. The van der Waals surface area contributed by atoms with Crippen LogP contribution in [0.4, 0.5) is 0 Å². The average Bonchev–Trinajstić information content (AvgIpc) is 2.18. The molecule has 0 saturated heterocycles. The Morgan fingerprint density at radius 2 is 2.00 bits per heavy atom. The minimum atomic E-state index is -3.45. The van der Waals surface area contributed by atoms with E-state index in [1.807, 2.05) is 0 Å². The molecule has 0 aromatic heterocycles. The summed E-state index contributed by atoms with van der Waals surface area (Å²) in [5, 5.41) is 9.59. The minimum absolute atomic E-state index is 0.0149. The van der Waals surface area contributed by atoms with Crippen LogP contribution in [-0.2, 0) is 15.6 Å². The molecule has 0 spiro atoms. The van der Waals surface area contributed by atoms with Crippen LogP contribution in [0.25, 0.3) is 0 Å². The summed E-state index contributed by atoms with van der Waals surface area (Å²) in [6, 6.07) is 4.50. The average molecular weight is 213 g/mol. The van der Waals surface area contributed by atoms with Crippen molar-refractivity contribution in [1.29, 1.82) is 0 Å². The van der Waals surface area contributed by atoms with Crippen molar-refractivity contribution in [2.24, 2.45) is 0 Å². The number of phenols is 1. The molecule has 0 unspecified atom stereocenters. The fraction of sp³-hybridized carbons (Fsp3) is 0.333. The first-order valence-electron chi connectivity index (χ1n) is 4.21. The van der Waals surface area contributed by atoms with Crippen LogP contribution in [0.3, 0.4) is 0 Å². The molecule has 76 valence electrons. The Morgan fingerprint density at radius 1 is 1.36 bits per heavy atom. The highest BCUT2D eigenvalue weighted by atomic mass is 32.2. The third-order valence-electron chi connectivity index (χ3n) is 2.31. The molecule has 5 heteroatoms. The predicted octanol–water partition coefficient (Wildman–Crippen LogP) is 0.919. The normalized spacial score (nSPS) is 21.9. The molecule has 14 heavy (non-hydrogen) atoms. The Hall–Kier alpha value is -1.07. The van der Waals surface area contributed by atoms with Crippen LogP contribution < -0.4 is 4.72 Å². The van der Waals surface area contributed by atoms with E-state index in [4.69, 9.17) is 0 Å². The number of hydrogen-bond donors (Lipinski definition) is 2. The van der Waals surface area contributed by atoms with Crippen molar-refractivity contribution in [3.8, 4) is 5.75 Å². The number of hydrogen-bond acceptors (Lipinski definition) is 3. The van der Waals surface area contributed by atoms with Gasteiger partial charge in [-0.25, -0.2) is 13.1 Å². The second kappa shape index (κ2) is 2.49. The smallest absolute Gasteiger partial charge is 0.241 e. The van der Waals surface area contributed by atoms with Crippen molar-refractivity contribution in [3.05, 3.63) is 23.8 Å². The number of phenolic OH excluding ortho intramolecular Hbond substituents is 1. The third kappa shape index (κ3) is 1.13. The summed E-state index contributed by atoms with van der Waals surface area (Å²) in [6.07, 6.45) is 0. The molecular formula is C9H11NO3S. The van der Waals surface area contributed by atoms with Gasteiger partial charge in [0.05, 0.1) is 10.4 Å². The van der Waals surface area contributed by atoms with Gasteiger partial charge in [-0.05, 0) is 26.0 Å². The molecule has 0 bridgehead atoms. The monoisotopic (exact) mass is 213 g/mol. The lowest BCUT2D eigenvalue weighted by Gasteiger charge is -2.18. The number of fused-ring (bicyclic) bond motifs is 1. The molecule has 1 aliphatic rings. The van der Waals surface area contributed by atoms with Crippen LogP contribution in [0.15, 0.2) is 23.1 Å². The second-order valence-corrected chi connectivity index (χ2v) is 5.53. The standard InChI is InChI=1S/C9H11NO3S/c1-9(2)8-6(11)4-3-5-7(8)14(12,13)10-9/h3-5,10-11H,1-2H3. The van der Waals surface area contributed by atoms with E-state index in [2.05, 4.69) is 4.72 Å². The second-order valence-electron chi connectivity index (χ2n) is 3.88. The van der Waals surface area contributed by atoms with E-state index >= 15 is 0 Å². The highest BCUT2D eigenvalue weighted by molar-refractivity contribution is 7.89. The van der Waals surface area contributed by atoms with Gasteiger partial charge in [0, 0.05) is 5.56 Å². The molecule has 0 aliphatic carbocycles. The largest absolute Gasteiger partial charge is 0.508 e. The lowest BCUT2D eigenvalue weighted by molar-refractivity contribution is 0.427. The minimum Gasteiger partial charge on any atom is -0.508 e. The maximum atomic E-state index is 11.6. The molecule has 1 aromatic carbocycles. The molecule has 0 radical (unpaired) electrons. The van der Waals surface area contributed by atoms with Gasteiger partial charge in [-0.15, -0.1) is 0 Å². The number of nitrogens with one attached hydrogen (secondary N) is 1. The summed E-state index contributed by atoms with van der Waals surface area (Å²) in [5.74, 6) is 0.0149. The van der Waals surface area contributed by atoms with Crippen LogP contribution in [0.1, 0.15) is 19.4 Å². The quantitative estimate of drug-likeness (QED) is 0.673. The third-order valence-corrected chi connectivity index (χ3v) is 4.01. The molecule has 1 aromatic rings. The number of rotatable bonds is 0. The van der Waals surface area contributed by atoms with E-state index < -0.39 is 15.6 Å². The van der Waals surface area contributed by atoms with Gasteiger partial charge in [0.25, 0.3) is 0 Å². The van der Waals surface area contributed by atoms with Crippen LogP contribution >= 0.6 is 0 Å². The van der Waals surface area contributed by atoms with Gasteiger partial charge < -0.3 is 5.11 Å². The molecule has 1 heterocycles. The predicted molar refractivity (Wildman–Crippen MR) is 51.5 cm³/mol. The van der Waals surface area contributed by atoms with Gasteiger partial charge in [0.15, 0.2) is 0 Å². The van der Waals surface area contributed by atoms with Gasteiger partial charge in [-0.3, -0.25) is 0 Å². The van der Waals surface area contributed by atoms with Crippen molar-refractivity contribution in [1.82, 2.24) is 4.72 Å². The molecule has 1 aliphatic heterocycles. The van der Waals surface area contributed by atoms with E-state index in [0.29, 0.717) is 5.56 Å². The van der Waals surface area contributed by atoms with Crippen molar-refractivity contribution in [2.75, 3.05) is 0 Å². The molecule has 0 saturated carbocycles. The molecule has 0 amide bonds. The Bertz CT molecular complexity index is 491. The van der Waals surface area contributed by atoms with E-state index in [1.54, 1.807) is 13.8 Å². The Kier molecular flexibility index (Phi) is 1.69. The van der Waals surface area contributed by atoms with Crippen LogP contribution in [0, 0.1) is 0 Å². The molecular weight excluding hydrogens is 202 g/mol. The van der Waals surface area contributed by atoms with Crippen LogP contribution in [0.5, 0.6) is 5.75 Å². The van der Waals surface area contributed by atoms with E-state index in [1.165, 1.54) is 18.2 Å². The lowest BCUT2D eigenvalue weighted by atomic mass is 9.95. The van der Waals surface area contributed by atoms with Gasteiger partial charge >= 0.3 is 0 Å². The van der Waals surface area contributed by atoms with Crippen molar-refractivity contribution < 1.29 is 13.5 Å². The first-order chi connectivity index (χ1) is 6.34. The van der Waals surface area contributed by atoms with Crippen LogP contribution in [-0.4, -0.2) is 13.5 Å². The van der Waals surface area contributed by atoms with Gasteiger partial charge in [-0.2, -0.15) is 0 Å². The first kappa shape index (κ1) is 9.48. The maximum Gasteiger partial charge on any atom is 0.241 e. The summed E-state index contributed by atoms with van der Waals surface area (Å²) in [7, 11) is -3.45. The zero-order chi connectivity index (χ0) is 10.6. The van der Waals surface area contributed by atoms with Crippen molar-refractivity contribution in [3.63, 3.8) is 0 Å². The molecule has 0 fully saturated rings. The van der Waals surface area contributed by atoms with E-state index in [9.17, 15) is 13.5 Å². The van der Waals surface area contributed by atoms with Crippen LogP contribution in [0.2, 0.25) is 0 Å². The molecule has 0 atom stereocenters. The Labute approximate surface area is 82.6 Å². The van der Waals surface area contributed by atoms with Crippen molar-refractivity contribution in [2.45, 2.75) is 24.3 Å². The summed E-state index contributed by atoms with van der Waals surface area (Å²) in [6.45, 7) is 3.44. The zero-order valence-electron chi connectivity index (χ0n) is 7.90. The van der Waals surface area contributed by atoms with E-state index in [-0.39, 0.29) is 10.6 Å². The van der Waals surface area contributed by atoms with Gasteiger partial charge in [-0.1, -0.05) is 6.07 Å². The zero-order valence-corrected chi connectivity index (χ0v) is 8.72. The fourth-order valence-corrected chi connectivity index (χ4v) is 3.58. The summed E-state index contributed by atoms with van der Waals surface area (Å²) >= 11 is 0. The fourth-order valence-electron chi connectivity index (χ4n) is 1.81. The summed E-state index contributed by atoms with van der Waals surface area (Å²) < 4.78 is 25.7. The maximum absolute atomic E-state index is 11.6. The number of benzene rings is 1. The van der Waals surface area contributed by atoms with E-state index in [0.717, 1.165) is 0 Å². The highest BCUT2D eigenvalue weighted by Gasteiger charge is 2.41. The molecule has 4 nitrogen and oxygen atoms in total.